The van der Waals surface area contributed by atoms with E-state index in [-0.39, 0.29) is 0 Å². The van der Waals surface area contributed by atoms with Crippen LogP contribution < -0.4 is 4.72 Å². The number of H-pyrrole nitrogens is 1. The van der Waals surface area contributed by atoms with Gasteiger partial charge in [0, 0.05) is 37.1 Å². The van der Waals surface area contributed by atoms with E-state index in [1.807, 2.05) is 19.2 Å². The second-order valence-corrected chi connectivity index (χ2v) is 6.68. The molecule has 2 aromatic carbocycles. The molecule has 26 heavy (non-hydrogen) atoms. The summed E-state index contributed by atoms with van der Waals surface area (Å²) in [6.45, 7) is 1.81. The van der Waals surface area contributed by atoms with E-state index in [1.54, 1.807) is 11.9 Å². The maximum atomic E-state index is 9.17. The molecular weight excluding hydrogens is 344 g/mol. The Morgan fingerprint density at radius 1 is 1.12 bits per heavy atom. The quantitative estimate of drug-likeness (QED) is 0.417. The van der Waals surface area contributed by atoms with Crippen LogP contribution in [0.1, 0.15) is 37.7 Å². The van der Waals surface area contributed by atoms with Gasteiger partial charge in [0.05, 0.1) is 10.7 Å². The molecule has 0 amide bonds. The molecule has 1 aromatic heterocycles. The van der Waals surface area contributed by atoms with Crippen molar-refractivity contribution >= 4 is 34.7 Å². The number of aromatic amines is 1. The number of hydrogen-bond acceptors (Lipinski definition) is 4. The lowest BCUT2D eigenvalue weighted by molar-refractivity contribution is -0.107. The first-order valence-corrected chi connectivity index (χ1v) is 9.61. The summed E-state index contributed by atoms with van der Waals surface area (Å²) >= 11 is 1.62. The second-order valence-electron chi connectivity index (χ2n) is 5.84. The van der Waals surface area contributed by atoms with Crippen molar-refractivity contribution in [2.24, 2.45) is 0 Å². The van der Waals surface area contributed by atoms with Crippen molar-refractivity contribution < 1.29 is 9.90 Å². The van der Waals surface area contributed by atoms with Crippen molar-refractivity contribution in [3.8, 4) is 0 Å². The molecule has 1 aliphatic rings. The minimum Gasteiger partial charge on any atom is -0.400 e. The molecule has 0 saturated heterocycles. The molecule has 4 rings (SSSR count). The van der Waals surface area contributed by atoms with Crippen LogP contribution in [0.3, 0.4) is 0 Å². The third-order valence-corrected chi connectivity index (χ3v) is 4.78. The number of fused-ring (bicyclic) bond motifs is 1. The van der Waals surface area contributed by atoms with Gasteiger partial charge in [0.15, 0.2) is 0 Å². The number of benzene rings is 2. The second kappa shape index (κ2) is 10.7. The highest BCUT2D eigenvalue weighted by Crippen LogP contribution is 2.44. The summed E-state index contributed by atoms with van der Waals surface area (Å²) in [6, 6.07) is 17.3. The highest BCUT2D eigenvalue weighted by atomic mass is 32.2. The maximum Gasteiger partial charge on any atom is 0.119 e. The lowest BCUT2D eigenvalue weighted by Gasteiger charge is -2.11. The fraction of sp³-hybridized carbons (Fsp3) is 0.286. The van der Waals surface area contributed by atoms with Gasteiger partial charge in [0.2, 0.25) is 0 Å². The Balaban J connectivity index is 0.000000361. The Bertz CT molecular complexity index is 799. The van der Waals surface area contributed by atoms with E-state index in [1.165, 1.54) is 34.9 Å². The van der Waals surface area contributed by atoms with Crippen molar-refractivity contribution in [3.05, 3.63) is 60.3 Å². The van der Waals surface area contributed by atoms with E-state index in [0.717, 1.165) is 24.3 Å². The van der Waals surface area contributed by atoms with Crippen LogP contribution in [0.4, 0.5) is 5.69 Å². The zero-order valence-electron chi connectivity index (χ0n) is 15.2. The maximum absolute atomic E-state index is 9.17. The van der Waals surface area contributed by atoms with Gasteiger partial charge >= 0.3 is 0 Å². The number of aliphatic hydroxyl groups excluding tert-OH is 1. The first-order chi connectivity index (χ1) is 12.8. The number of aliphatic hydroxyl groups is 1. The van der Waals surface area contributed by atoms with Crippen LogP contribution in [0.5, 0.6) is 0 Å². The van der Waals surface area contributed by atoms with Gasteiger partial charge in [-0.25, -0.2) is 0 Å². The van der Waals surface area contributed by atoms with Gasteiger partial charge in [-0.3, -0.25) is 0 Å². The number of aldehydes is 1. The largest absolute Gasteiger partial charge is 0.400 e. The number of carbonyl (C=O) groups excluding carboxylic acids is 1. The third-order valence-electron chi connectivity index (χ3n) is 3.98. The Labute approximate surface area is 159 Å². The van der Waals surface area contributed by atoms with Crippen LogP contribution in [-0.2, 0) is 4.79 Å². The molecule has 0 radical (unpaired) electrons. The topological polar surface area (TPSA) is 65.1 Å². The van der Waals surface area contributed by atoms with E-state index in [2.05, 4.69) is 52.2 Å². The Hall–Kier alpha value is -2.24. The van der Waals surface area contributed by atoms with Crippen molar-refractivity contribution in [1.29, 1.82) is 0 Å². The van der Waals surface area contributed by atoms with E-state index in [4.69, 9.17) is 5.11 Å². The zero-order valence-corrected chi connectivity index (χ0v) is 16.1. The summed E-state index contributed by atoms with van der Waals surface area (Å²) in [6.07, 6.45) is 6.14. The summed E-state index contributed by atoms with van der Waals surface area (Å²) in [5.74, 6) is 0.782. The van der Waals surface area contributed by atoms with Crippen LogP contribution >= 0.6 is 11.9 Å². The molecule has 1 aliphatic carbocycles. The molecule has 0 spiro atoms. The van der Waals surface area contributed by atoms with Gasteiger partial charge in [0.1, 0.15) is 6.29 Å². The fourth-order valence-electron chi connectivity index (χ4n) is 2.65. The van der Waals surface area contributed by atoms with Crippen molar-refractivity contribution in [3.63, 3.8) is 0 Å². The fourth-order valence-corrected chi connectivity index (χ4v) is 3.32. The van der Waals surface area contributed by atoms with E-state index >= 15 is 0 Å². The molecule has 1 heterocycles. The molecular formula is C21H26N2O2S. The molecule has 3 N–H and O–H groups in total. The summed E-state index contributed by atoms with van der Waals surface area (Å²) in [7, 11) is 1.00. The summed E-state index contributed by atoms with van der Waals surface area (Å²) in [5, 5.41) is 10.8. The predicted molar refractivity (Wildman–Crippen MR) is 111 cm³/mol. The van der Waals surface area contributed by atoms with E-state index < -0.39 is 0 Å². The van der Waals surface area contributed by atoms with E-state index in [9.17, 15) is 4.79 Å². The Morgan fingerprint density at radius 3 is 2.38 bits per heavy atom. The smallest absolute Gasteiger partial charge is 0.119 e. The molecule has 4 nitrogen and oxygen atoms in total. The summed E-state index contributed by atoms with van der Waals surface area (Å²) < 4.78 is 3.46. The summed E-state index contributed by atoms with van der Waals surface area (Å²) in [5.41, 5.74) is 2.70. The average Bonchev–Trinajstić information content (AvgIpc) is 3.42. The molecule has 1 saturated carbocycles. The van der Waals surface area contributed by atoms with Gasteiger partial charge in [-0.1, -0.05) is 37.3 Å². The number of carbonyl (C=O) groups is 1. The molecule has 0 aliphatic heterocycles. The molecule has 138 valence electrons. The lowest BCUT2D eigenvalue weighted by Crippen LogP contribution is -1.91. The monoisotopic (exact) mass is 370 g/mol. The van der Waals surface area contributed by atoms with Crippen LogP contribution in [0.15, 0.2) is 59.8 Å². The standard InChI is InChI=1S/C17H16N2S.C3H6O.CH4O/c1-2-5-15-14(4-1)13(12-7-8-12)9-10-16(15)19-20-17-6-3-11-18-17;1-2-3-4;1-2/h1-6,9-12,18-19H,7-8H2;3H,2H2,1H3;2H,1H3. The highest BCUT2D eigenvalue weighted by molar-refractivity contribution is 8.00. The van der Waals surface area contributed by atoms with Crippen LogP contribution in [0.2, 0.25) is 0 Å². The number of rotatable bonds is 5. The Morgan fingerprint density at radius 2 is 1.81 bits per heavy atom. The van der Waals surface area contributed by atoms with Gasteiger partial charge in [-0.15, -0.1) is 0 Å². The number of anilines is 1. The summed E-state index contributed by atoms with van der Waals surface area (Å²) in [4.78, 5) is 12.4. The van der Waals surface area contributed by atoms with Crippen LogP contribution in [0, 0.1) is 0 Å². The Kier molecular flexibility index (Phi) is 8.25. The SMILES string of the molecule is CCC=O.CO.c1c[nH]c(SNc2ccc(C3CC3)c3ccccc23)c1. The average molecular weight is 371 g/mol. The lowest BCUT2D eigenvalue weighted by atomic mass is 10.00. The molecule has 0 bridgehead atoms. The normalized spacial score (nSPS) is 12.4. The van der Waals surface area contributed by atoms with Crippen molar-refractivity contribution in [1.82, 2.24) is 4.98 Å². The molecule has 0 unspecified atom stereocenters. The van der Waals surface area contributed by atoms with Crippen molar-refractivity contribution in [2.45, 2.75) is 37.1 Å². The molecule has 0 atom stereocenters. The zero-order chi connectivity index (χ0) is 18.8. The number of nitrogens with one attached hydrogen (secondary N) is 2. The van der Waals surface area contributed by atoms with Gasteiger partial charge < -0.3 is 19.6 Å². The number of aromatic nitrogens is 1. The third kappa shape index (κ3) is 5.38. The minimum atomic E-state index is 0.639. The van der Waals surface area contributed by atoms with Gasteiger partial charge in [-0.05, 0) is 47.9 Å². The highest BCUT2D eigenvalue weighted by Gasteiger charge is 2.25. The first kappa shape index (κ1) is 20.1. The molecule has 1 fully saturated rings. The molecule has 3 aromatic rings. The molecule has 5 heteroatoms. The van der Waals surface area contributed by atoms with Crippen molar-refractivity contribution in [2.75, 3.05) is 11.8 Å². The van der Waals surface area contributed by atoms with Gasteiger partial charge in [0.25, 0.3) is 0 Å². The number of hydrogen-bond donors (Lipinski definition) is 3. The van der Waals surface area contributed by atoms with Gasteiger partial charge in [-0.2, -0.15) is 0 Å². The van der Waals surface area contributed by atoms with E-state index in [0.29, 0.717) is 6.42 Å². The minimum absolute atomic E-state index is 0.639. The predicted octanol–water partition coefficient (Wildman–Crippen LogP) is 5.37. The van der Waals surface area contributed by atoms with Crippen LogP contribution in [0.25, 0.3) is 10.8 Å². The first-order valence-electron chi connectivity index (χ1n) is 8.79. The van der Waals surface area contributed by atoms with Crippen LogP contribution in [-0.4, -0.2) is 23.5 Å².